The molecule has 0 heterocycles. The number of rotatable bonds is 2. The zero-order valence-corrected chi connectivity index (χ0v) is 9.08. The van der Waals surface area contributed by atoms with E-state index in [1.807, 2.05) is 0 Å². The van der Waals surface area contributed by atoms with Crippen molar-refractivity contribution >= 4 is 11.8 Å². The molecule has 0 radical (unpaired) electrons. The van der Waals surface area contributed by atoms with Gasteiger partial charge in [-0.05, 0) is 26.0 Å². The summed E-state index contributed by atoms with van der Waals surface area (Å²) in [4.78, 5) is 12.7. The highest BCUT2D eigenvalue weighted by molar-refractivity contribution is 5.87. The van der Waals surface area contributed by atoms with Gasteiger partial charge in [-0.2, -0.15) is 0 Å². The molecule has 0 aliphatic rings. The zero-order chi connectivity index (χ0) is 11.4. The fourth-order valence-corrected chi connectivity index (χ4v) is 1.28. The third-order valence-corrected chi connectivity index (χ3v) is 2.14. The van der Waals surface area contributed by atoms with E-state index in [1.165, 1.54) is 11.0 Å². The largest absolute Gasteiger partial charge is 0.449 e. The molecule has 1 aromatic carbocycles. The van der Waals surface area contributed by atoms with E-state index in [0.717, 1.165) is 0 Å². The standard InChI is InChI=1S/C11H14FNO2/c1-4-15-11(14)13(3)10-7-5-6-9(12)8(10)2/h5-7H,4H2,1-3H3. The van der Waals surface area contributed by atoms with E-state index in [1.54, 1.807) is 33.0 Å². The third kappa shape index (κ3) is 2.46. The lowest BCUT2D eigenvalue weighted by Gasteiger charge is -2.18. The highest BCUT2D eigenvalue weighted by Crippen LogP contribution is 2.21. The molecule has 0 spiro atoms. The molecule has 4 heteroatoms. The van der Waals surface area contributed by atoms with Crippen molar-refractivity contribution in [3.05, 3.63) is 29.6 Å². The Hall–Kier alpha value is -1.58. The molecule has 0 N–H and O–H groups in total. The number of benzene rings is 1. The number of carbonyl (C=O) groups is 1. The summed E-state index contributed by atoms with van der Waals surface area (Å²) < 4.78 is 18.0. The normalized spacial score (nSPS) is 9.87. The maximum Gasteiger partial charge on any atom is 0.414 e. The van der Waals surface area contributed by atoms with Crippen LogP contribution in [0.2, 0.25) is 0 Å². The van der Waals surface area contributed by atoms with Crippen LogP contribution in [0, 0.1) is 12.7 Å². The highest BCUT2D eigenvalue weighted by Gasteiger charge is 2.14. The Morgan fingerprint density at radius 1 is 1.53 bits per heavy atom. The minimum absolute atomic E-state index is 0.303. The van der Waals surface area contributed by atoms with Crippen molar-refractivity contribution in [1.82, 2.24) is 0 Å². The fraction of sp³-hybridized carbons (Fsp3) is 0.364. The molecule has 0 aromatic heterocycles. The summed E-state index contributed by atoms with van der Waals surface area (Å²) in [6.07, 6.45) is -0.480. The van der Waals surface area contributed by atoms with Crippen LogP contribution in [0.3, 0.4) is 0 Å². The maximum absolute atomic E-state index is 13.2. The SMILES string of the molecule is CCOC(=O)N(C)c1cccc(F)c1C. The van der Waals surface area contributed by atoms with Crippen molar-refractivity contribution in [2.45, 2.75) is 13.8 Å². The van der Waals surface area contributed by atoms with Crippen molar-refractivity contribution < 1.29 is 13.9 Å². The molecule has 82 valence electrons. The summed E-state index contributed by atoms with van der Waals surface area (Å²) >= 11 is 0. The number of amides is 1. The van der Waals surface area contributed by atoms with Gasteiger partial charge < -0.3 is 4.74 Å². The smallest absolute Gasteiger partial charge is 0.414 e. The third-order valence-electron chi connectivity index (χ3n) is 2.14. The molecular formula is C11H14FNO2. The molecule has 15 heavy (non-hydrogen) atoms. The van der Waals surface area contributed by atoms with Crippen LogP contribution in [0.15, 0.2) is 18.2 Å². The molecule has 1 amide bonds. The van der Waals surface area contributed by atoms with Gasteiger partial charge in [0.1, 0.15) is 5.82 Å². The Labute approximate surface area is 88.5 Å². The zero-order valence-electron chi connectivity index (χ0n) is 9.08. The molecule has 0 unspecified atom stereocenters. The maximum atomic E-state index is 13.2. The summed E-state index contributed by atoms with van der Waals surface area (Å²) in [5.41, 5.74) is 0.960. The predicted molar refractivity (Wildman–Crippen MR) is 56.6 cm³/mol. The van der Waals surface area contributed by atoms with Crippen LogP contribution in [-0.2, 0) is 4.74 Å². The van der Waals surface area contributed by atoms with E-state index in [9.17, 15) is 9.18 Å². The number of hydrogen-bond donors (Lipinski definition) is 0. The second-order valence-electron chi connectivity index (χ2n) is 3.14. The Morgan fingerprint density at radius 3 is 2.80 bits per heavy atom. The first-order valence-electron chi connectivity index (χ1n) is 4.73. The fourth-order valence-electron chi connectivity index (χ4n) is 1.28. The van der Waals surface area contributed by atoms with Crippen molar-refractivity contribution in [3.63, 3.8) is 0 Å². The number of carbonyl (C=O) groups excluding carboxylic acids is 1. The summed E-state index contributed by atoms with van der Waals surface area (Å²) in [5.74, 6) is -0.330. The van der Waals surface area contributed by atoms with E-state index in [0.29, 0.717) is 17.9 Å². The van der Waals surface area contributed by atoms with Crippen LogP contribution < -0.4 is 4.90 Å². The van der Waals surface area contributed by atoms with Crippen molar-refractivity contribution in [2.24, 2.45) is 0 Å². The number of halogens is 1. The molecule has 0 aliphatic heterocycles. The van der Waals surface area contributed by atoms with Crippen molar-refractivity contribution in [2.75, 3.05) is 18.6 Å². The molecule has 0 fully saturated rings. The molecule has 1 aromatic rings. The first kappa shape index (κ1) is 11.5. The van der Waals surface area contributed by atoms with E-state index in [2.05, 4.69) is 0 Å². The van der Waals surface area contributed by atoms with Gasteiger partial charge in [-0.25, -0.2) is 9.18 Å². The van der Waals surface area contributed by atoms with Gasteiger partial charge in [-0.15, -0.1) is 0 Å². The number of ether oxygens (including phenoxy) is 1. The highest BCUT2D eigenvalue weighted by atomic mass is 19.1. The molecule has 0 saturated carbocycles. The summed E-state index contributed by atoms with van der Waals surface area (Å²) in [7, 11) is 1.56. The van der Waals surface area contributed by atoms with Gasteiger partial charge in [0.25, 0.3) is 0 Å². The van der Waals surface area contributed by atoms with Crippen LogP contribution >= 0.6 is 0 Å². The number of nitrogens with zero attached hydrogens (tertiary/aromatic N) is 1. The van der Waals surface area contributed by atoms with Gasteiger partial charge in [0, 0.05) is 12.6 Å². The molecule has 0 atom stereocenters. The molecule has 0 bridgehead atoms. The quantitative estimate of drug-likeness (QED) is 0.752. The van der Waals surface area contributed by atoms with Crippen LogP contribution in [0.1, 0.15) is 12.5 Å². The lowest BCUT2D eigenvalue weighted by molar-refractivity contribution is 0.161. The van der Waals surface area contributed by atoms with Crippen LogP contribution in [-0.4, -0.2) is 19.7 Å². The van der Waals surface area contributed by atoms with Crippen LogP contribution in [0.5, 0.6) is 0 Å². The Morgan fingerprint density at radius 2 is 2.20 bits per heavy atom. The van der Waals surface area contributed by atoms with E-state index >= 15 is 0 Å². The Balaban J connectivity index is 2.96. The van der Waals surface area contributed by atoms with Crippen molar-refractivity contribution in [3.8, 4) is 0 Å². The van der Waals surface area contributed by atoms with Crippen LogP contribution in [0.25, 0.3) is 0 Å². The average Bonchev–Trinajstić information content (AvgIpc) is 2.21. The van der Waals surface area contributed by atoms with Gasteiger partial charge >= 0.3 is 6.09 Å². The minimum atomic E-state index is -0.480. The topological polar surface area (TPSA) is 29.5 Å². The lowest BCUT2D eigenvalue weighted by Crippen LogP contribution is -2.27. The summed E-state index contributed by atoms with van der Waals surface area (Å²) in [5, 5.41) is 0. The van der Waals surface area contributed by atoms with Gasteiger partial charge in [0.15, 0.2) is 0 Å². The Kier molecular flexibility index (Phi) is 3.66. The lowest BCUT2D eigenvalue weighted by atomic mass is 10.2. The number of hydrogen-bond acceptors (Lipinski definition) is 2. The van der Waals surface area contributed by atoms with E-state index in [4.69, 9.17) is 4.74 Å². The first-order valence-corrected chi connectivity index (χ1v) is 4.73. The predicted octanol–water partition coefficient (Wildman–Crippen LogP) is 2.73. The number of anilines is 1. The first-order chi connectivity index (χ1) is 7.07. The van der Waals surface area contributed by atoms with E-state index in [-0.39, 0.29) is 5.82 Å². The van der Waals surface area contributed by atoms with Gasteiger partial charge in [-0.3, -0.25) is 4.90 Å². The Bertz CT molecular complexity index is 366. The molecular weight excluding hydrogens is 197 g/mol. The summed E-state index contributed by atoms with van der Waals surface area (Å²) in [6.45, 7) is 3.65. The second kappa shape index (κ2) is 4.77. The molecule has 0 aliphatic carbocycles. The minimum Gasteiger partial charge on any atom is -0.449 e. The van der Waals surface area contributed by atoms with Gasteiger partial charge in [0.05, 0.1) is 12.3 Å². The monoisotopic (exact) mass is 211 g/mol. The second-order valence-corrected chi connectivity index (χ2v) is 3.14. The van der Waals surface area contributed by atoms with Gasteiger partial charge in [0.2, 0.25) is 0 Å². The van der Waals surface area contributed by atoms with Crippen molar-refractivity contribution in [1.29, 1.82) is 0 Å². The molecule has 1 rings (SSSR count). The van der Waals surface area contributed by atoms with E-state index < -0.39 is 6.09 Å². The van der Waals surface area contributed by atoms with Gasteiger partial charge in [-0.1, -0.05) is 6.07 Å². The van der Waals surface area contributed by atoms with Crippen LogP contribution in [0.4, 0.5) is 14.9 Å². The molecule has 0 saturated heterocycles. The summed E-state index contributed by atoms with van der Waals surface area (Å²) in [6, 6.07) is 4.60. The molecule has 3 nitrogen and oxygen atoms in total. The average molecular weight is 211 g/mol.